The second-order valence-corrected chi connectivity index (χ2v) is 7.68. The van der Waals surface area contributed by atoms with Gasteiger partial charge in [-0.2, -0.15) is 0 Å². The van der Waals surface area contributed by atoms with Crippen molar-refractivity contribution in [2.75, 3.05) is 11.6 Å². The number of para-hydroxylation sites is 1. The smallest absolute Gasteiger partial charge is 0.340 e. The zero-order valence-electron chi connectivity index (χ0n) is 13.5. The van der Waals surface area contributed by atoms with Gasteiger partial charge in [0.2, 0.25) is 0 Å². The molecule has 0 heterocycles. The van der Waals surface area contributed by atoms with E-state index in [0.29, 0.717) is 10.7 Å². The number of sulfone groups is 1. The van der Waals surface area contributed by atoms with Crippen molar-refractivity contribution in [3.05, 3.63) is 59.1 Å². The highest BCUT2D eigenvalue weighted by Crippen LogP contribution is 2.21. The summed E-state index contributed by atoms with van der Waals surface area (Å²) < 4.78 is 28.6. The van der Waals surface area contributed by atoms with Crippen molar-refractivity contribution in [2.24, 2.45) is 0 Å². The van der Waals surface area contributed by atoms with Gasteiger partial charge < -0.3 is 10.1 Å². The van der Waals surface area contributed by atoms with Crippen molar-refractivity contribution in [1.29, 1.82) is 0 Å². The zero-order valence-corrected chi connectivity index (χ0v) is 15.1. The van der Waals surface area contributed by atoms with Crippen LogP contribution in [0, 0.1) is 0 Å². The summed E-state index contributed by atoms with van der Waals surface area (Å²) in [6.07, 6.45) is -0.150. The summed E-state index contributed by atoms with van der Waals surface area (Å²) in [4.78, 5) is 24.2. The molecular formula is C17H16ClNO5S. The molecule has 0 aromatic heterocycles. The Kier molecular flexibility index (Phi) is 5.81. The maximum atomic E-state index is 12.3. The minimum Gasteiger partial charge on any atom is -0.449 e. The normalized spacial score (nSPS) is 12.3. The van der Waals surface area contributed by atoms with Gasteiger partial charge in [0.1, 0.15) is 0 Å². The Bertz CT molecular complexity index is 911. The minimum absolute atomic E-state index is 0.123. The Morgan fingerprint density at radius 2 is 1.68 bits per heavy atom. The lowest BCUT2D eigenvalue weighted by atomic mass is 10.2. The molecule has 0 bridgehead atoms. The molecule has 0 radical (unpaired) electrons. The summed E-state index contributed by atoms with van der Waals surface area (Å²) in [5.74, 6) is -1.49. The number of hydrogen-bond donors (Lipinski definition) is 1. The van der Waals surface area contributed by atoms with Gasteiger partial charge in [-0.25, -0.2) is 13.2 Å². The maximum absolute atomic E-state index is 12.3. The van der Waals surface area contributed by atoms with E-state index in [1.165, 1.54) is 31.2 Å². The Morgan fingerprint density at radius 1 is 1.08 bits per heavy atom. The van der Waals surface area contributed by atoms with Crippen molar-refractivity contribution < 1.29 is 22.7 Å². The Labute approximate surface area is 150 Å². The van der Waals surface area contributed by atoms with Crippen molar-refractivity contribution in [1.82, 2.24) is 0 Å². The number of carbonyl (C=O) groups excluding carboxylic acids is 2. The first-order chi connectivity index (χ1) is 11.7. The number of ether oxygens (including phenoxy) is 1. The fourth-order valence-electron chi connectivity index (χ4n) is 2.03. The van der Waals surface area contributed by atoms with Gasteiger partial charge in [-0.15, -0.1) is 0 Å². The largest absolute Gasteiger partial charge is 0.449 e. The zero-order chi connectivity index (χ0) is 18.6. The first-order valence-electron chi connectivity index (χ1n) is 7.25. The van der Waals surface area contributed by atoms with Crippen LogP contribution in [0.25, 0.3) is 0 Å². The van der Waals surface area contributed by atoms with Crippen LogP contribution in [-0.4, -0.2) is 32.7 Å². The minimum atomic E-state index is -3.61. The van der Waals surface area contributed by atoms with E-state index in [1.807, 2.05) is 0 Å². The van der Waals surface area contributed by atoms with E-state index < -0.39 is 27.8 Å². The molecule has 6 nitrogen and oxygen atoms in total. The van der Waals surface area contributed by atoms with Crippen LogP contribution in [0.5, 0.6) is 0 Å². The number of esters is 1. The van der Waals surface area contributed by atoms with E-state index in [2.05, 4.69) is 5.32 Å². The van der Waals surface area contributed by atoms with Crippen LogP contribution in [-0.2, 0) is 19.4 Å². The number of rotatable bonds is 5. The third-order valence-electron chi connectivity index (χ3n) is 3.29. The van der Waals surface area contributed by atoms with Gasteiger partial charge in [-0.05, 0) is 31.2 Å². The van der Waals surface area contributed by atoms with Crippen LogP contribution in [0.15, 0.2) is 53.4 Å². The number of halogens is 1. The Morgan fingerprint density at radius 3 is 2.32 bits per heavy atom. The number of amides is 1. The first kappa shape index (κ1) is 19.0. The van der Waals surface area contributed by atoms with E-state index in [1.54, 1.807) is 24.3 Å². The topological polar surface area (TPSA) is 89.5 Å². The molecule has 132 valence electrons. The third-order valence-corrected chi connectivity index (χ3v) is 4.78. The summed E-state index contributed by atoms with van der Waals surface area (Å²) >= 11 is 5.96. The number of hydrogen-bond acceptors (Lipinski definition) is 5. The van der Waals surface area contributed by atoms with E-state index in [0.717, 1.165) is 6.26 Å². The van der Waals surface area contributed by atoms with Gasteiger partial charge in [-0.3, -0.25) is 4.79 Å². The van der Waals surface area contributed by atoms with Crippen LogP contribution in [0.1, 0.15) is 17.3 Å². The number of anilines is 1. The molecule has 2 rings (SSSR count). The molecule has 2 aromatic rings. The van der Waals surface area contributed by atoms with Crippen LogP contribution in [0.3, 0.4) is 0 Å². The Hall–Kier alpha value is -2.38. The highest BCUT2D eigenvalue weighted by molar-refractivity contribution is 7.90. The molecule has 25 heavy (non-hydrogen) atoms. The highest BCUT2D eigenvalue weighted by atomic mass is 35.5. The molecule has 0 unspecified atom stereocenters. The van der Waals surface area contributed by atoms with Crippen molar-refractivity contribution in [3.8, 4) is 0 Å². The summed E-state index contributed by atoms with van der Waals surface area (Å²) in [5.41, 5.74) is 0.260. The number of nitrogens with one attached hydrogen (secondary N) is 1. The van der Waals surface area contributed by atoms with Gasteiger partial charge in [-0.1, -0.05) is 35.9 Å². The predicted molar refractivity (Wildman–Crippen MR) is 94.5 cm³/mol. The summed E-state index contributed by atoms with van der Waals surface area (Å²) in [6, 6.07) is 12.3. The summed E-state index contributed by atoms with van der Waals surface area (Å²) in [5, 5.41) is 2.89. The van der Waals surface area contributed by atoms with Crippen LogP contribution in [0.2, 0.25) is 5.02 Å². The van der Waals surface area contributed by atoms with Gasteiger partial charge in [0.25, 0.3) is 5.91 Å². The molecule has 1 atom stereocenters. The molecule has 1 N–H and O–H groups in total. The van der Waals surface area contributed by atoms with Crippen LogP contribution in [0.4, 0.5) is 5.69 Å². The van der Waals surface area contributed by atoms with Gasteiger partial charge in [0.15, 0.2) is 15.9 Å². The van der Waals surface area contributed by atoms with Gasteiger partial charge >= 0.3 is 5.97 Å². The number of benzene rings is 2. The van der Waals surface area contributed by atoms with Gasteiger partial charge in [0, 0.05) is 6.26 Å². The van der Waals surface area contributed by atoms with E-state index >= 15 is 0 Å². The SMILES string of the molecule is C[C@H](OC(=O)c1ccccc1S(C)(=O)=O)C(=O)Nc1ccccc1Cl. The summed E-state index contributed by atoms with van der Waals surface area (Å²) in [6.45, 7) is 1.38. The molecule has 0 spiro atoms. The molecule has 0 aliphatic rings. The monoisotopic (exact) mass is 381 g/mol. The third kappa shape index (κ3) is 4.80. The fraction of sp³-hybridized carbons (Fsp3) is 0.176. The van der Waals surface area contributed by atoms with E-state index in [9.17, 15) is 18.0 Å². The summed E-state index contributed by atoms with van der Waals surface area (Å²) in [7, 11) is -3.61. The van der Waals surface area contributed by atoms with Crippen molar-refractivity contribution in [2.45, 2.75) is 17.9 Å². The molecule has 0 aliphatic heterocycles. The standard InChI is InChI=1S/C17H16ClNO5S/c1-11(16(20)19-14-9-5-4-8-13(14)18)24-17(21)12-7-3-6-10-15(12)25(2,22)23/h3-11H,1-2H3,(H,19,20)/t11-/m0/s1. The second kappa shape index (κ2) is 7.67. The number of carbonyl (C=O) groups is 2. The van der Waals surface area contributed by atoms with Crippen LogP contribution < -0.4 is 5.32 Å². The quantitative estimate of drug-likeness (QED) is 0.804. The average Bonchev–Trinajstić information content (AvgIpc) is 2.56. The van der Waals surface area contributed by atoms with E-state index in [-0.39, 0.29) is 10.5 Å². The average molecular weight is 382 g/mol. The highest BCUT2D eigenvalue weighted by Gasteiger charge is 2.24. The molecule has 2 aromatic carbocycles. The molecule has 8 heteroatoms. The lowest BCUT2D eigenvalue weighted by Gasteiger charge is -2.15. The Balaban J connectivity index is 2.13. The predicted octanol–water partition coefficient (Wildman–Crippen LogP) is 2.93. The first-order valence-corrected chi connectivity index (χ1v) is 9.52. The molecule has 1 amide bonds. The van der Waals surface area contributed by atoms with Crippen molar-refractivity contribution in [3.63, 3.8) is 0 Å². The fourth-order valence-corrected chi connectivity index (χ4v) is 3.09. The van der Waals surface area contributed by atoms with E-state index in [4.69, 9.17) is 16.3 Å². The lowest BCUT2D eigenvalue weighted by Crippen LogP contribution is -2.30. The lowest BCUT2D eigenvalue weighted by molar-refractivity contribution is -0.123. The molecule has 0 saturated carbocycles. The molecule has 0 aliphatic carbocycles. The second-order valence-electron chi connectivity index (χ2n) is 5.28. The molecular weight excluding hydrogens is 366 g/mol. The maximum Gasteiger partial charge on any atom is 0.340 e. The van der Waals surface area contributed by atoms with Crippen molar-refractivity contribution >= 4 is 39.0 Å². The molecule has 0 fully saturated rings. The van der Waals surface area contributed by atoms with Crippen LogP contribution >= 0.6 is 11.6 Å². The molecule has 0 saturated heterocycles. The van der Waals surface area contributed by atoms with Gasteiger partial charge in [0.05, 0.1) is 21.2 Å².